The lowest BCUT2D eigenvalue weighted by Gasteiger charge is -2.13. The Kier molecular flexibility index (Phi) is 4.89. The highest BCUT2D eigenvalue weighted by atomic mass is 35.5. The van der Waals surface area contributed by atoms with Gasteiger partial charge in [-0.2, -0.15) is 5.10 Å². The molecular weight excluding hydrogens is 296 g/mol. The van der Waals surface area contributed by atoms with Crippen molar-refractivity contribution in [3.8, 4) is 11.5 Å². The highest BCUT2D eigenvalue weighted by Gasteiger charge is 2.12. The lowest BCUT2D eigenvalue weighted by atomic mass is 10.2. The van der Waals surface area contributed by atoms with Crippen molar-refractivity contribution in [2.75, 3.05) is 19.5 Å². The number of ether oxygens (including phenoxy) is 2. The number of rotatable bonds is 5. The SMILES string of the molecule is COc1cc(OC)c(NC(=O)NCc2cn[nH]c2)cc1Cl. The Morgan fingerprint density at radius 3 is 2.71 bits per heavy atom. The zero-order valence-corrected chi connectivity index (χ0v) is 12.3. The van der Waals surface area contributed by atoms with Gasteiger partial charge in [-0.3, -0.25) is 5.10 Å². The molecule has 0 saturated heterocycles. The van der Waals surface area contributed by atoms with E-state index in [0.29, 0.717) is 28.8 Å². The smallest absolute Gasteiger partial charge is 0.319 e. The number of aromatic nitrogens is 2. The predicted octanol–water partition coefficient (Wildman–Crippen LogP) is 2.40. The van der Waals surface area contributed by atoms with Crippen molar-refractivity contribution in [2.24, 2.45) is 0 Å². The maximum absolute atomic E-state index is 11.9. The molecule has 1 aromatic carbocycles. The highest BCUT2D eigenvalue weighted by Crippen LogP contribution is 2.35. The maximum Gasteiger partial charge on any atom is 0.319 e. The van der Waals surface area contributed by atoms with Gasteiger partial charge in [-0.15, -0.1) is 0 Å². The standard InChI is InChI=1S/C13H15ClN4O3/c1-20-11-4-12(21-2)10(3-9(11)14)18-13(19)15-5-8-6-16-17-7-8/h3-4,6-7H,5H2,1-2H3,(H,16,17)(H2,15,18,19). The summed E-state index contributed by atoms with van der Waals surface area (Å²) in [7, 11) is 3.00. The van der Waals surface area contributed by atoms with E-state index in [1.165, 1.54) is 14.2 Å². The first-order valence-electron chi connectivity index (χ1n) is 6.08. The van der Waals surface area contributed by atoms with Crippen LogP contribution in [0.4, 0.5) is 10.5 Å². The maximum atomic E-state index is 11.9. The minimum Gasteiger partial charge on any atom is -0.495 e. The quantitative estimate of drug-likeness (QED) is 0.791. The Morgan fingerprint density at radius 2 is 2.10 bits per heavy atom. The van der Waals surface area contributed by atoms with E-state index in [1.54, 1.807) is 24.5 Å². The molecule has 2 rings (SSSR count). The van der Waals surface area contributed by atoms with Gasteiger partial charge in [0.05, 0.1) is 31.1 Å². The average molecular weight is 311 g/mol. The Hall–Kier alpha value is -2.41. The number of nitrogens with one attached hydrogen (secondary N) is 3. The normalized spacial score (nSPS) is 10.0. The van der Waals surface area contributed by atoms with Crippen molar-refractivity contribution in [3.05, 3.63) is 35.1 Å². The second-order valence-corrected chi connectivity index (χ2v) is 4.51. The van der Waals surface area contributed by atoms with Gasteiger partial charge >= 0.3 is 6.03 Å². The van der Waals surface area contributed by atoms with Crippen LogP contribution in [0.2, 0.25) is 5.02 Å². The van der Waals surface area contributed by atoms with Gasteiger partial charge in [-0.25, -0.2) is 4.79 Å². The number of urea groups is 1. The van der Waals surface area contributed by atoms with Gasteiger partial charge in [0, 0.05) is 24.4 Å². The van der Waals surface area contributed by atoms with E-state index in [4.69, 9.17) is 21.1 Å². The molecule has 112 valence electrons. The van der Waals surface area contributed by atoms with Crippen molar-refractivity contribution in [1.29, 1.82) is 0 Å². The number of amides is 2. The van der Waals surface area contributed by atoms with E-state index < -0.39 is 0 Å². The van der Waals surface area contributed by atoms with Gasteiger partial charge < -0.3 is 20.1 Å². The van der Waals surface area contributed by atoms with Crippen molar-refractivity contribution >= 4 is 23.3 Å². The Bertz CT molecular complexity index is 616. The summed E-state index contributed by atoms with van der Waals surface area (Å²) in [5.74, 6) is 0.924. The van der Waals surface area contributed by atoms with Crippen LogP contribution in [0.15, 0.2) is 24.5 Å². The van der Waals surface area contributed by atoms with Crippen LogP contribution in [0.25, 0.3) is 0 Å². The molecule has 0 spiro atoms. The molecule has 0 aliphatic carbocycles. The summed E-state index contributed by atoms with van der Waals surface area (Å²) in [6, 6.07) is 2.79. The molecule has 0 unspecified atom stereocenters. The van der Waals surface area contributed by atoms with Crippen LogP contribution >= 0.6 is 11.6 Å². The van der Waals surface area contributed by atoms with E-state index in [2.05, 4.69) is 20.8 Å². The van der Waals surface area contributed by atoms with Gasteiger partial charge in [-0.05, 0) is 6.07 Å². The van der Waals surface area contributed by atoms with Gasteiger partial charge in [0.15, 0.2) is 0 Å². The molecule has 1 aromatic heterocycles. The van der Waals surface area contributed by atoms with Gasteiger partial charge in [-0.1, -0.05) is 11.6 Å². The van der Waals surface area contributed by atoms with Crippen LogP contribution in [0.5, 0.6) is 11.5 Å². The summed E-state index contributed by atoms with van der Waals surface area (Å²) in [6.45, 7) is 0.356. The van der Waals surface area contributed by atoms with E-state index in [-0.39, 0.29) is 6.03 Å². The topological polar surface area (TPSA) is 88.3 Å². The summed E-state index contributed by atoms with van der Waals surface area (Å²) in [4.78, 5) is 11.9. The molecule has 0 aliphatic heterocycles. The van der Waals surface area contributed by atoms with Gasteiger partial charge in [0.1, 0.15) is 11.5 Å². The number of carbonyl (C=O) groups is 1. The summed E-state index contributed by atoms with van der Waals surface area (Å²) < 4.78 is 10.3. The number of carbonyl (C=O) groups excluding carboxylic acids is 1. The predicted molar refractivity (Wildman–Crippen MR) is 79.0 cm³/mol. The largest absolute Gasteiger partial charge is 0.495 e. The minimum absolute atomic E-state index is 0.356. The van der Waals surface area contributed by atoms with Crippen LogP contribution in [-0.2, 0) is 6.54 Å². The zero-order valence-electron chi connectivity index (χ0n) is 11.6. The van der Waals surface area contributed by atoms with Crippen LogP contribution < -0.4 is 20.1 Å². The van der Waals surface area contributed by atoms with Crippen molar-refractivity contribution in [1.82, 2.24) is 15.5 Å². The van der Waals surface area contributed by atoms with Crippen molar-refractivity contribution in [3.63, 3.8) is 0 Å². The number of nitrogens with zero attached hydrogens (tertiary/aromatic N) is 1. The Morgan fingerprint density at radius 1 is 1.33 bits per heavy atom. The van der Waals surface area contributed by atoms with E-state index in [1.807, 2.05) is 0 Å². The third-order valence-electron chi connectivity index (χ3n) is 2.73. The molecule has 0 fully saturated rings. The molecule has 0 atom stereocenters. The number of hydrogen-bond acceptors (Lipinski definition) is 4. The second kappa shape index (κ2) is 6.85. The molecule has 0 bridgehead atoms. The van der Waals surface area contributed by atoms with Crippen LogP contribution in [0.3, 0.4) is 0 Å². The van der Waals surface area contributed by atoms with Gasteiger partial charge in [0.25, 0.3) is 0 Å². The molecule has 21 heavy (non-hydrogen) atoms. The fourth-order valence-corrected chi connectivity index (χ4v) is 1.92. The number of aromatic amines is 1. The zero-order chi connectivity index (χ0) is 15.2. The molecule has 2 aromatic rings. The fourth-order valence-electron chi connectivity index (χ4n) is 1.68. The van der Waals surface area contributed by atoms with Crippen LogP contribution in [0, 0.1) is 0 Å². The third-order valence-corrected chi connectivity index (χ3v) is 3.03. The molecular formula is C13H15ClN4O3. The van der Waals surface area contributed by atoms with Crippen LogP contribution in [0.1, 0.15) is 5.56 Å². The highest BCUT2D eigenvalue weighted by molar-refractivity contribution is 6.32. The number of benzene rings is 1. The molecule has 2 amide bonds. The van der Waals surface area contributed by atoms with E-state index >= 15 is 0 Å². The molecule has 0 radical (unpaired) electrons. The Balaban J connectivity index is 2.04. The average Bonchev–Trinajstić information content (AvgIpc) is 2.99. The molecule has 7 nitrogen and oxygen atoms in total. The number of hydrogen-bond donors (Lipinski definition) is 3. The molecule has 0 aliphatic rings. The Labute approximate surface area is 126 Å². The first-order chi connectivity index (χ1) is 10.1. The van der Waals surface area contributed by atoms with Crippen molar-refractivity contribution < 1.29 is 14.3 Å². The number of methoxy groups -OCH3 is 2. The lowest BCUT2D eigenvalue weighted by molar-refractivity contribution is 0.251. The molecule has 3 N–H and O–H groups in total. The first kappa shape index (κ1) is 15.0. The summed E-state index contributed by atoms with van der Waals surface area (Å²) in [6.07, 6.45) is 3.33. The van der Waals surface area contributed by atoms with E-state index in [9.17, 15) is 4.79 Å². The molecule has 8 heteroatoms. The second-order valence-electron chi connectivity index (χ2n) is 4.10. The van der Waals surface area contributed by atoms with Crippen molar-refractivity contribution in [2.45, 2.75) is 6.54 Å². The number of H-pyrrole nitrogens is 1. The van der Waals surface area contributed by atoms with Gasteiger partial charge in [0.2, 0.25) is 0 Å². The fraction of sp³-hybridized carbons (Fsp3) is 0.231. The summed E-state index contributed by atoms with van der Waals surface area (Å²) in [5.41, 5.74) is 1.32. The summed E-state index contributed by atoms with van der Waals surface area (Å²) in [5, 5.41) is 12.2. The third kappa shape index (κ3) is 3.79. The molecule has 0 saturated carbocycles. The number of anilines is 1. The monoisotopic (exact) mass is 310 g/mol. The van der Waals surface area contributed by atoms with Crippen LogP contribution in [-0.4, -0.2) is 30.4 Å². The minimum atomic E-state index is -0.379. The summed E-state index contributed by atoms with van der Waals surface area (Å²) >= 11 is 6.04. The lowest BCUT2D eigenvalue weighted by Crippen LogP contribution is -2.28. The number of halogens is 1. The first-order valence-corrected chi connectivity index (χ1v) is 6.46. The molecule has 1 heterocycles. The van der Waals surface area contributed by atoms with E-state index in [0.717, 1.165) is 5.56 Å².